The first-order valence-corrected chi connectivity index (χ1v) is 8.01. The van der Waals surface area contributed by atoms with Crippen molar-refractivity contribution in [1.82, 2.24) is 0 Å². The Bertz CT molecular complexity index is 528. The van der Waals surface area contributed by atoms with Crippen molar-refractivity contribution in [1.29, 1.82) is 0 Å². The SMILES string of the molecule is CC(N)CC(=O)Nc1cccc(NC(=O)C2CCCCC2)c1.Cl. The van der Waals surface area contributed by atoms with E-state index < -0.39 is 0 Å². The highest BCUT2D eigenvalue weighted by atomic mass is 35.5. The van der Waals surface area contributed by atoms with Crippen LogP contribution < -0.4 is 16.4 Å². The van der Waals surface area contributed by atoms with Crippen LogP contribution in [0.3, 0.4) is 0 Å². The lowest BCUT2D eigenvalue weighted by molar-refractivity contribution is -0.120. The van der Waals surface area contributed by atoms with Crippen molar-refractivity contribution in [2.24, 2.45) is 11.7 Å². The highest BCUT2D eigenvalue weighted by Gasteiger charge is 2.21. The summed E-state index contributed by atoms with van der Waals surface area (Å²) in [7, 11) is 0. The monoisotopic (exact) mass is 339 g/mol. The summed E-state index contributed by atoms with van der Waals surface area (Å²) >= 11 is 0. The van der Waals surface area contributed by atoms with Crippen molar-refractivity contribution in [3.63, 3.8) is 0 Å². The largest absolute Gasteiger partial charge is 0.327 e. The van der Waals surface area contributed by atoms with Crippen LogP contribution in [0.5, 0.6) is 0 Å². The molecular weight excluding hydrogens is 314 g/mol. The van der Waals surface area contributed by atoms with Gasteiger partial charge >= 0.3 is 0 Å². The minimum atomic E-state index is -0.172. The molecule has 2 amide bonds. The molecule has 6 heteroatoms. The number of carbonyl (C=O) groups is 2. The first-order chi connectivity index (χ1) is 10.5. The van der Waals surface area contributed by atoms with Crippen LogP contribution in [-0.4, -0.2) is 17.9 Å². The zero-order chi connectivity index (χ0) is 15.9. The van der Waals surface area contributed by atoms with Crippen LogP contribution in [0, 0.1) is 5.92 Å². The van der Waals surface area contributed by atoms with Gasteiger partial charge in [-0.3, -0.25) is 9.59 Å². The molecule has 0 aliphatic heterocycles. The topological polar surface area (TPSA) is 84.2 Å². The fourth-order valence-corrected chi connectivity index (χ4v) is 2.79. The normalized spacial score (nSPS) is 16.1. The molecule has 2 rings (SSSR count). The van der Waals surface area contributed by atoms with Gasteiger partial charge in [0.05, 0.1) is 0 Å². The number of hydrogen-bond acceptors (Lipinski definition) is 3. The van der Waals surface area contributed by atoms with Crippen LogP contribution in [0.15, 0.2) is 24.3 Å². The lowest BCUT2D eigenvalue weighted by Crippen LogP contribution is -2.25. The molecule has 0 saturated heterocycles. The van der Waals surface area contributed by atoms with E-state index >= 15 is 0 Å². The molecule has 0 aromatic heterocycles. The molecular formula is C17H26ClN3O2. The van der Waals surface area contributed by atoms with E-state index in [1.165, 1.54) is 6.42 Å². The summed E-state index contributed by atoms with van der Waals surface area (Å²) in [5.74, 6) is 0.0783. The number of benzene rings is 1. The minimum Gasteiger partial charge on any atom is -0.327 e. The molecule has 1 fully saturated rings. The van der Waals surface area contributed by atoms with Gasteiger partial charge in [-0.05, 0) is 38.0 Å². The molecule has 0 spiro atoms. The molecule has 4 N–H and O–H groups in total. The second-order valence-corrected chi connectivity index (χ2v) is 6.13. The Kier molecular flexibility index (Phi) is 8.06. The van der Waals surface area contributed by atoms with Gasteiger partial charge < -0.3 is 16.4 Å². The van der Waals surface area contributed by atoms with Gasteiger partial charge in [0.15, 0.2) is 0 Å². The predicted octanol–water partition coefficient (Wildman–Crippen LogP) is 3.30. The number of nitrogens with one attached hydrogen (secondary N) is 2. The van der Waals surface area contributed by atoms with Crippen LogP contribution in [0.2, 0.25) is 0 Å². The van der Waals surface area contributed by atoms with Gasteiger partial charge in [0.2, 0.25) is 11.8 Å². The Morgan fingerprint density at radius 2 is 1.78 bits per heavy atom. The first-order valence-electron chi connectivity index (χ1n) is 8.01. The van der Waals surface area contributed by atoms with E-state index in [4.69, 9.17) is 5.73 Å². The fourth-order valence-electron chi connectivity index (χ4n) is 2.79. The molecule has 5 nitrogen and oxygen atoms in total. The third kappa shape index (κ3) is 6.59. The highest BCUT2D eigenvalue weighted by Crippen LogP contribution is 2.25. The summed E-state index contributed by atoms with van der Waals surface area (Å²) in [6, 6.07) is 7.06. The number of nitrogens with two attached hydrogens (primary N) is 1. The standard InChI is InChI=1S/C17H25N3O2.ClH/c1-12(18)10-16(21)19-14-8-5-9-15(11-14)20-17(22)13-6-3-2-4-7-13;/h5,8-9,11-13H,2-4,6-7,10,18H2,1H3,(H,19,21)(H,20,22);1H. The Balaban J connectivity index is 0.00000264. The maximum atomic E-state index is 12.2. The van der Waals surface area contributed by atoms with E-state index in [2.05, 4.69) is 10.6 Å². The molecule has 23 heavy (non-hydrogen) atoms. The van der Waals surface area contributed by atoms with Gasteiger partial charge in [-0.2, -0.15) is 0 Å². The van der Waals surface area contributed by atoms with Crippen molar-refractivity contribution < 1.29 is 9.59 Å². The van der Waals surface area contributed by atoms with Crippen LogP contribution in [0.25, 0.3) is 0 Å². The Morgan fingerprint density at radius 3 is 2.39 bits per heavy atom. The van der Waals surface area contributed by atoms with Gasteiger partial charge in [-0.1, -0.05) is 25.3 Å². The second-order valence-electron chi connectivity index (χ2n) is 6.13. The molecule has 1 aliphatic carbocycles. The van der Waals surface area contributed by atoms with Gasteiger partial charge in [-0.15, -0.1) is 12.4 Å². The Morgan fingerprint density at radius 1 is 1.17 bits per heavy atom. The van der Waals surface area contributed by atoms with Crippen molar-refractivity contribution in [3.8, 4) is 0 Å². The quantitative estimate of drug-likeness (QED) is 0.769. The van der Waals surface area contributed by atoms with E-state index in [9.17, 15) is 9.59 Å². The number of carbonyl (C=O) groups excluding carboxylic acids is 2. The number of anilines is 2. The zero-order valence-electron chi connectivity index (χ0n) is 13.5. The molecule has 0 heterocycles. The van der Waals surface area contributed by atoms with Gasteiger partial charge in [0.25, 0.3) is 0 Å². The lowest BCUT2D eigenvalue weighted by Gasteiger charge is -2.20. The van der Waals surface area contributed by atoms with E-state index in [1.54, 1.807) is 19.1 Å². The second kappa shape index (κ2) is 9.53. The van der Waals surface area contributed by atoms with E-state index in [0.717, 1.165) is 25.7 Å². The number of halogens is 1. The number of rotatable bonds is 5. The lowest BCUT2D eigenvalue weighted by atomic mass is 9.88. The molecule has 0 bridgehead atoms. The summed E-state index contributed by atoms with van der Waals surface area (Å²) < 4.78 is 0. The first kappa shape index (κ1) is 19.5. The van der Waals surface area contributed by atoms with Crippen molar-refractivity contribution in [2.45, 2.75) is 51.5 Å². The zero-order valence-corrected chi connectivity index (χ0v) is 14.3. The Labute approximate surface area is 143 Å². The van der Waals surface area contributed by atoms with Gasteiger partial charge in [-0.25, -0.2) is 0 Å². The van der Waals surface area contributed by atoms with Crippen molar-refractivity contribution in [3.05, 3.63) is 24.3 Å². The molecule has 128 valence electrons. The van der Waals surface area contributed by atoms with Gasteiger partial charge in [0, 0.05) is 29.8 Å². The van der Waals surface area contributed by atoms with E-state index in [1.807, 2.05) is 12.1 Å². The summed E-state index contributed by atoms with van der Waals surface area (Å²) in [4.78, 5) is 24.0. The highest BCUT2D eigenvalue weighted by molar-refractivity contribution is 5.95. The van der Waals surface area contributed by atoms with E-state index in [0.29, 0.717) is 11.4 Å². The summed E-state index contributed by atoms with van der Waals surface area (Å²) in [5, 5.41) is 5.75. The molecule has 0 radical (unpaired) electrons. The van der Waals surface area contributed by atoms with Crippen molar-refractivity contribution >= 4 is 35.6 Å². The van der Waals surface area contributed by atoms with Crippen LogP contribution in [0.1, 0.15) is 45.4 Å². The molecule has 1 atom stereocenters. The third-order valence-electron chi connectivity index (χ3n) is 3.90. The molecule has 1 aromatic rings. The number of amides is 2. The summed E-state index contributed by atoms with van der Waals surface area (Å²) in [6.07, 6.45) is 5.70. The number of hydrogen-bond donors (Lipinski definition) is 3. The average Bonchev–Trinajstić information content (AvgIpc) is 2.47. The van der Waals surface area contributed by atoms with E-state index in [-0.39, 0.29) is 42.6 Å². The maximum absolute atomic E-state index is 12.2. The van der Waals surface area contributed by atoms with Crippen LogP contribution in [0.4, 0.5) is 11.4 Å². The average molecular weight is 340 g/mol. The molecule has 1 aliphatic rings. The molecule has 1 saturated carbocycles. The maximum Gasteiger partial charge on any atom is 0.227 e. The molecule has 1 unspecified atom stereocenters. The van der Waals surface area contributed by atoms with Gasteiger partial charge in [0.1, 0.15) is 0 Å². The third-order valence-corrected chi connectivity index (χ3v) is 3.90. The Hall–Kier alpha value is -1.59. The van der Waals surface area contributed by atoms with Crippen molar-refractivity contribution in [2.75, 3.05) is 10.6 Å². The van der Waals surface area contributed by atoms with Crippen LogP contribution >= 0.6 is 12.4 Å². The van der Waals surface area contributed by atoms with Crippen LogP contribution in [-0.2, 0) is 9.59 Å². The predicted molar refractivity (Wildman–Crippen MR) is 95.8 cm³/mol. The minimum absolute atomic E-state index is 0. The smallest absolute Gasteiger partial charge is 0.227 e. The summed E-state index contributed by atoms with van der Waals surface area (Å²) in [5.41, 5.74) is 7.00. The summed E-state index contributed by atoms with van der Waals surface area (Å²) in [6.45, 7) is 1.79. The fraction of sp³-hybridized carbons (Fsp3) is 0.529. The molecule has 1 aromatic carbocycles.